The Hall–Kier alpha value is -3.09. The molecule has 0 saturated heterocycles. The number of rotatable bonds is 3. The van der Waals surface area contributed by atoms with E-state index in [1.165, 1.54) is 10.9 Å². The van der Waals surface area contributed by atoms with Gasteiger partial charge in [0.2, 0.25) is 0 Å². The summed E-state index contributed by atoms with van der Waals surface area (Å²) in [6, 6.07) is 7.88. The van der Waals surface area contributed by atoms with Crippen LogP contribution >= 0.6 is 0 Å². The predicted octanol–water partition coefficient (Wildman–Crippen LogP) is 1.68. The summed E-state index contributed by atoms with van der Waals surface area (Å²) in [5.74, 6) is 0.774. The van der Waals surface area contributed by atoms with E-state index in [1.54, 1.807) is 6.20 Å². The third kappa shape index (κ3) is 2.17. The molecule has 0 bridgehead atoms. The Bertz CT molecular complexity index is 1110. The highest BCUT2D eigenvalue weighted by molar-refractivity contribution is 5.76. The zero-order valence-corrected chi connectivity index (χ0v) is 13.5. The zero-order chi connectivity index (χ0) is 16.7. The van der Waals surface area contributed by atoms with E-state index in [9.17, 15) is 4.79 Å². The van der Waals surface area contributed by atoms with Crippen LogP contribution in [0.3, 0.4) is 0 Å². The van der Waals surface area contributed by atoms with Crippen LogP contribution in [0.5, 0.6) is 0 Å². The molecule has 0 aliphatic carbocycles. The van der Waals surface area contributed by atoms with Crippen LogP contribution in [0.1, 0.15) is 18.4 Å². The van der Waals surface area contributed by atoms with Gasteiger partial charge < -0.3 is 4.57 Å². The van der Waals surface area contributed by atoms with Gasteiger partial charge in [0.15, 0.2) is 5.52 Å². The van der Waals surface area contributed by atoms with Crippen molar-refractivity contribution in [2.45, 2.75) is 19.9 Å². The van der Waals surface area contributed by atoms with Gasteiger partial charge in [-0.15, -0.1) is 0 Å². The van der Waals surface area contributed by atoms with Gasteiger partial charge >= 0.3 is 0 Å². The van der Waals surface area contributed by atoms with Crippen LogP contribution in [0.15, 0.2) is 41.5 Å². The van der Waals surface area contributed by atoms with Crippen LogP contribution in [0.2, 0.25) is 0 Å². The van der Waals surface area contributed by atoms with E-state index >= 15 is 0 Å². The van der Waals surface area contributed by atoms with Crippen LogP contribution < -0.4 is 5.56 Å². The first kappa shape index (κ1) is 14.5. The summed E-state index contributed by atoms with van der Waals surface area (Å²) >= 11 is 0. The topological polar surface area (TPSA) is 78.5 Å². The van der Waals surface area contributed by atoms with Gasteiger partial charge in [-0.1, -0.05) is 19.1 Å². The van der Waals surface area contributed by atoms with E-state index in [0.29, 0.717) is 24.0 Å². The first-order valence-electron chi connectivity index (χ1n) is 7.80. The van der Waals surface area contributed by atoms with E-state index in [1.807, 2.05) is 42.8 Å². The normalized spacial score (nSPS) is 11.4. The number of aryl methyl sites for hydroxylation is 2. The summed E-state index contributed by atoms with van der Waals surface area (Å²) in [5.41, 5.74) is 3.37. The minimum absolute atomic E-state index is 0.248. The molecule has 7 heteroatoms. The number of imidazole rings is 1. The van der Waals surface area contributed by atoms with Gasteiger partial charge in [-0.05, 0) is 18.6 Å². The minimum Gasteiger partial charge on any atom is -0.330 e. The molecule has 0 fully saturated rings. The monoisotopic (exact) mass is 320 g/mol. The summed E-state index contributed by atoms with van der Waals surface area (Å²) < 4.78 is 3.41. The fraction of sp³-hybridized carbons (Fsp3) is 0.235. The number of benzene rings is 1. The molecule has 0 unspecified atom stereocenters. The molecule has 0 amide bonds. The van der Waals surface area contributed by atoms with Gasteiger partial charge in [0.1, 0.15) is 17.9 Å². The molecule has 120 valence electrons. The van der Waals surface area contributed by atoms with Gasteiger partial charge in [-0.25, -0.2) is 14.6 Å². The molecule has 0 aliphatic rings. The molecule has 7 nitrogen and oxygen atoms in total. The van der Waals surface area contributed by atoms with Gasteiger partial charge in [-0.2, -0.15) is 5.10 Å². The van der Waals surface area contributed by atoms with Crippen molar-refractivity contribution in [2.75, 3.05) is 0 Å². The molecule has 4 aromatic rings. The fourth-order valence-corrected chi connectivity index (χ4v) is 2.88. The molecule has 4 rings (SSSR count). The quantitative estimate of drug-likeness (QED) is 0.574. The Morgan fingerprint density at radius 3 is 2.58 bits per heavy atom. The second kappa shape index (κ2) is 5.52. The van der Waals surface area contributed by atoms with Gasteiger partial charge in [0.05, 0.1) is 16.7 Å². The lowest BCUT2D eigenvalue weighted by atomic mass is 10.2. The predicted molar refractivity (Wildman–Crippen MR) is 90.8 cm³/mol. The van der Waals surface area contributed by atoms with Gasteiger partial charge in [0, 0.05) is 19.4 Å². The summed E-state index contributed by atoms with van der Waals surface area (Å²) in [5, 5.41) is 4.47. The average Bonchev–Trinajstić information content (AvgIpc) is 2.94. The number of para-hydroxylation sites is 2. The number of aromatic nitrogens is 6. The molecule has 0 atom stereocenters. The Morgan fingerprint density at radius 1 is 1.08 bits per heavy atom. The van der Waals surface area contributed by atoms with Crippen molar-refractivity contribution < 1.29 is 0 Å². The van der Waals surface area contributed by atoms with Crippen LogP contribution in [-0.4, -0.2) is 29.3 Å². The standard InChI is InChI=1S/C17H16N6O/c1-3-11-15-16(19-9-8-18-15)17(24)23(21-11)10-14-20-12-6-4-5-7-13(12)22(14)2/h4-9H,3,10H2,1-2H3. The van der Waals surface area contributed by atoms with Crippen molar-refractivity contribution in [1.82, 2.24) is 29.3 Å². The summed E-state index contributed by atoms with van der Waals surface area (Å²) in [7, 11) is 1.94. The lowest BCUT2D eigenvalue weighted by Gasteiger charge is -2.09. The smallest absolute Gasteiger partial charge is 0.295 e. The summed E-state index contributed by atoms with van der Waals surface area (Å²) in [6.07, 6.45) is 3.79. The Kier molecular flexibility index (Phi) is 3.34. The fourth-order valence-electron chi connectivity index (χ4n) is 2.88. The molecule has 1 aromatic carbocycles. The molecule has 0 aliphatic heterocycles. The molecule has 0 saturated carbocycles. The molecule has 24 heavy (non-hydrogen) atoms. The highest BCUT2D eigenvalue weighted by atomic mass is 16.1. The largest absolute Gasteiger partial charge is 0.330 e. The highest BCUT2D eigenvalue weighted by Gasteiger charge is 2.14. The second-order valence-electron chi connectivity index (χ2n) is 5.59. The van der Waals surface area contributed by atoms with E-state index in [2.05, 4.69) is 20.1 Å². The molecule has 0 spiro atoms. The number of hydrogen-bond donors (Lipinski definition) is 0. The van der Waals surface area contributed by atoms with Crippen molar-refractivity contribution in [1.29, 1.82) is 0 Å². The highest BCUT2D eigenvalue weighted by Crippen LogP contribution is 2.15. The van der Waals surface area contributed by atoms with Gasteiger partial charge in [0.25, 0.3) is 5.56 Å². The third-order valence-corrected chi connectivity index (χ3v) is 4.16. The maximum Gasteiger partial charge on any atom is 0.295 e. The van der Waals surface area contributed by atoms with Crippen molar-refractivity contribution >= 4 is 22.1 Å². The van der Waals surface area contributed by atoms with Crippen molar-refractivity contribution in [2.24, 2.45) is 7.05 Å². The van der Waals surface area contributed by atoms with E-state index in [0.717, 1.165) is 22.6 Å². The number of nitrogens with zero attached hydrogens (tertiary/aromatic N) is 6. The summed E-state index contributed by atoms with van der Waals surface area (Å²) in [4.78, 5) is 25.7. The Morgan fingerprint density at radius 2 is 1.83 bits per heavy atom. The molecular formula is C17H16N6O. The minimum atomic E-state index is -0.248. The zero-order valence-electron chi connectivity index (χ0n) is 13.5. The van der Waals surface area contributed by atoms with E-state index in [-0.39, 0.29) is 5.56 Å². The Labute approximate surface area is 137 Å². The first-order valence-corrected chi connectivity index (χ1v) is 7.80. The maximum atomic E-state index is 12.7. The van der Waals surface area contributed by atoms with Crippen molar-refractivity contribution in [3.63, 3.8) is 0 Å². The Balaban J connectivity index is 1.89. The van der Waals surface area contributed by atoms with Crippen LogP contribution in [0, 0.1) is 0 Å². The lowest BCUT2D eigenvalue weighted by molar-refractivity contribution is 0.593. The molecule has 3 aromatic heterocycles. The summed E-state index contributed by atoms with van der Waals surface area (Å²) in [6.45, 7) is 2.28. The third-order valence-electron chi connectivity index (χ3n) is 4.16. The molecule has 3 heterocycles. The SMILES string of the molecule is CCc1nn(Cc2nc3ccccc3n2C)c(=O)c2nccnc12. The van der Waals surface area contributed by atoms with Crippen molar-refractivity contribution in [3.8, 4) is 0 Å². The van der Waals surface area contributed by atoms with Gasteiger partial charge in [-0.3, -0.25) is 9.78 Å². The maximum absolute atomic E-state index is 12.7. The second-order valence-corrected chi connectivity index (χ2v) is 5.59. The molecular weight excluding hydrogens is 304 g/mol. The van der Waals surface area contributed by atoms with E-state index in [4.69, 9.17) is 0 Å². The molecule has 0 N–H and O–H groups in total. The van der Waals surface area contributed by atoms with Crippen LogP contribution in [-0.2, 0) is 20.0 Å². The van der Waals surface area contributed by atoms with E-state index < -0.39 is 0 Å². The number of hydrogen-bond acceptors (Lipinski definition) is 5. The van der Waals surface area contributed by atoms with Crippen molar-refractivity contribution in [3.05, 3.63) is 58.5 Å². The molecule has 0 radical (unpaired) electrons. The number of fused-ring (bicyclic) bond motifs is 2. The lowest BCUT2D eigenvalue weighted by Crippen LogP contribution is -2.27. The first-order chi connectivity index (χ1) is 11.7. The van der Waals surface area contributed by atoms with Crippen LogP contribution in [0.25, 0.3) is 22.1 Å². The average molecular weight is 320 g/mol. The van der Waals surface area contributed by atoms with Crippen LogP contribution in [0.4, 0.5) is 0 Å².